The highest BCUT2D eigenvalue weighted by Gasteiger charge is 2.22. The first kappa shape index (κ1) is 20.6. The predicted molar refractivity (Wildman–Crippen MR) is 125 cm³/mol. The molecule has 3 aromatic carbocycles. The SMILES string of the molecule is CC(Sc1nnc(-c2ccccc2Br)n1Cc1ccccc1)C(=O)c1ccccc1. The van der Waals surface area contributed by atoms with Crippen LogP contribution in [0.5, 0.6) is 0 Å². The second-order valence-corrected chi connectivity index (χ2v) is 9.01. The molecule has 0 aliphatic rings. The highest BCUT2D eigenvalue weighted by Crippen LogP contribution is 2.32. The van der Waals surface area contributed by atoms with Gasteiger partial charge < -0.3 is 0 Å². The van der Waals surface area contributed by atoms with Gasteiger partial charge in [0.25, 0.3) is 0 Å². The molecule has 0 aliphatic carbocycles. The number of ketones is 1. The van der Waals surface area contributed by atoms with E-state index < -0.39 is 0 Å². The maximum Gasteiger partial charge on any atom is 0.192 e. The molecule has 0 saturated carbocycles. The van der Waals surface area contributed by atoms with Crippen LogP contribution in [0, 0.1) is 0 Å². The number of Topliss-reactive ketones (excluding diaryl/α,β-unsaturated/α-hetero) is 1. The standard InChI is InChI=1S/C24H20BrN3OS/c1-17(22(29)19-12-6-3-7-13-19)30-24-27-26-23(20-14-8-9-15-21(20)25)28(24)16-18-10-4-2-5-11-18/h2-15,17H,16H2,1H3. The number of nitrogens with zero attached hydrogens (tertiary/aromatic N) is 3. The number of carbonyl (C=O) groups is 1. The molecule has 1 heterocycles. The average molecular weight is 478 g/mol. The second-order valence-electron chi connectivity index (χ2n) is 6.85. The van der Waals surface area contributed by atoms with Gasteiger partial charge in [-0.3, -0.25) is 9.36 Å². The lowest BCUT2D eigenvalue weighted by atomic mass is 10.1. The number of benzene rings is 3. The van der Waals surface area contributed by atoms with Gasteiger partial charge >= 0.3 is 0 Å². The van der Waals surface area contributed by atoms with Crippen LogP contribution >= 0.6 is 27.7 Å². The van der Waals surface area contributed by atoms with Crippen molar-refractivity contribution in [2.24, 2.45) is 0 Å². The van der Waals surface area contributed by atoms with E-state index in [-0.39, 0.29) is 11.0 Å². The van der Waals surface area contributed by atoms with Gasteiger partial charge in [-0.1, -0.05) is 107 Å². The molecule has 4 rings (SSSR count). The molecule has 0 bridgehead atoms. The van der Waals surface area contributed by atoms with Gasteiger partial charge in [-0.25, -0.2) is 0 Å². The van der Waals surface area contributed by atoms with Crippen LogP contribution in [0.25, 0.3) is 11.4 Å². The Bertz CT molecular complexity index is 1150. The molecule has 4 nitrogen and oxygen atoms in total. The summed E-state index contributed by atoms with van der Waals surface area (Å²) in [6.07, 6.45) is 0. The molecule has 1 atom stereocenters. The van der Waals surface area contributed by atoms with E-state index in [1.54, 1.807) is 0 Å². The van der Waals surface area contributed by atoms with Gasteiger partial charge in [0.2, 0.25) is 0 Å². The van der Waals surface area contributed by atoms with Crippen LogP contribution in [-0.4, -0.2) is 25.8 Å². The Morgan fingerprint density at radius 2 is 1.57 bits per heavy atom. The summed E-state index contributed by atoms with van der Waals surface area (Å²) in [6, 6.07) is 27.5. The van der Waals surface area contributed by atoms with E-state index in [0.717, 1.165) is 26.6 Å². The summed E-state index contributed by atoms with van der Waals surface area (Å²) < 4.78 is 3.03. The van der Waals surface area contributed by atoms with Crippen molar-refractivity contribution in [1.29, 1.82) is 0 Å². The molecule has 150 valence electrons. The fraction of sp³-hybridized carbons (Fsp3) is 0.125. The Morgan fingerprint density at radius 3 is 2.27 bits per heavy atom. The highest BCUT2D eigenvalue weighted by atomic mass is 79.9. The summed E-state index contributed by atoms with van der Waals surface area (Å²) in [5, 5.41) is 9.37. The third kappa shape index (κ3) is 4.55. The number of halogens is 1. The van der Waals surface area contributed by atoms with Gasteiger partial charge in [0, 0.05) is 15.6 Å². The quantitative estimate of drug-likeness (QED) is 0.237. The summed E-state index contributed by atoms with van der Waals surface area (Å²) in [7, 11) is 0. The molecule has 0 radical (unpaired) electrons. The van der Waals surface area contributed by atoms with E-state index in [4.69, 9.17) is 0 Å². The first-order valence-corrected chi connectivity index (χ1v) is 11.3. The molecular weight excluding hydrogens is 458 g/mol. The predicted octanol–water partition coefficient (Wildman–Crippen LogP) is 6.12. The van der Waals surface area contributed by atoms with Gasteiger partial charge in [-0.05, 0) is 18.6 Å². The molecule has 6 heteroatoms. The van der Waals surface area contributed by atoms with Crippen molar-refractivity contribution >= 4 is 33.5 Å². The maximum atomic E-state index is 12.9. The average Bonchev–Trinajstić information content (AvgIpc) is 3.16. The summed E-state index contributed by atoms with van der Waals surface area (Å²) in [4.78, 5) is 12.9. The monoisotopic (exact) mass is 477 g/mol. The number of hydrogen-bond donors (Lipinski definition) is 0. The molecule has 1 unspecified atom stereocenters. The van der Waals surface area contributed by atoms with Crippen molar-refractivity contribution in [3.63, 3.8) is 0 Å². The number of rotatable bonds is 7. The van der Waals surface area contributed by atoms with Crippen LogP contribution in [0.2, 0.25) is 0 Å². The van der Waals surface area contributed by atoms with Crippen molar-refractivity contribution < 1.29 is 4.79 Å². The van der Waals surface area contributed by atoms with E-state index in [0.29, 0.717) is 12.1 Å². The lowest BCUT2D eigenvalue weighted by molar-refractivity contribution is 0.0994. The van der Waals surface area contributed by atoms with Gasteiger partial charge in [-0.2, -0.15) is 0 Å². The molecule has 1 aromatic heterocycles. The fourth-order valence-electron chi connectivity index (χ4n) is 3.17. The van der Waals surface area contributed by atoms with Crippen molar-refractivity contribution in [1.82, 2.24) is 14.8 Å². The minimum Gasteiger partial charge on any atom is -0.297 e. The van der Waals surface area contributed by atoms with Crippen LogP contribution in [0.4, 0.5) is 0 Å². The Kier molecular flexibility index (Phi) is 6.45. The van der Waals surface area contributed by atoms with Crippen molar-refractivity contribution in [2.45, 2.75) is 23.9 Å². The Labute approximate surface area is 188 Å². The summed E-state index contributed by atoms with van der Waals surface area (Å²) >= 11 is 5.06. The highest BCUT2D eigenvalue weighted by molar-refractivity contribution is 9.10. The lowest BCUT2D eigenvalue weighted by Gasteiger charge is -2.14. The van der Waals surface area contributed by atoms with Gasteiger partial charge in [0.05, 0.1) is 11.8 Å². The van der Waals surface area contributed by atoms with Gasteiger partial charge in [-0.15, -0.1) is 10.2 Å². The molecule has 4 aromatic rings. The topological polar surface area (TPSA) is 47.8 Å². The third-order valence-electron chi connectivity index (χ3n) is 4.72. The molecule has 0 spiro atoms. The zero-order valence-electron chi connectivity index (χ0n) is 16.4. The van der Waals surface area contributed by atoms with Crippen LogP contribution in [0.15, 0.2) is 94.6 Å². The summed E-state index contributed by atoms with van der Waals surface area (Å²) in [5.74, 6) is 0.852. The summed E-state index contributed by atoms with van der Waals surface area (Å²) in [6.45, 7) is 2.54. The normalized spacial score (nSPS) is 11.9. The number of thioether (sulfide) groups is 1. The van der Waals surface area contributed by atoms with E-state index in [1.807, 2.05) is 79.7 Å². The maximum absolute atomic E-state index is 12.9. The first-order valence-electron chi connectivity index (χ1n) is 9.61. The van der Waals surface area contributed by atoms with E-state index in [9.17, 15) is 4.79 Å². The van der Waals surface area contributed by atoms with Gasteiger partial charge in [0.1, 0.15) is 0 Å². The molecule has 30 heavy (non-hydrogen) atoms. The van der Waals surface area contributed by atoms with Crippen LogP contribution < -0.4 is 0 Å². The zero-order valence-corrected chi connectivity index (χ0v) is 18.8. The fourth-order valence-corrected chi connectivity index (χ4v) is 4.56. The first-order chi connectivity index (χ1) is 14.6. The second kappa shape index (κ2) is 9.41. The molecule has 0 amide bonds. The Balaban J connectivity index is 1.69. The summed E-state index contributed by atoms with van der Waals surface area (Å²) in [5.41, 5.74) is 2.82. The van der Waals surface area contributed by atoms with E-state index in [2.05, 4.69) is 42.8 Å². The van der Waals surface area contributed by atoms with Crippen LogP contribution in [0.1, 0.15) is 22.8 Å². The lowest BCUT2D eigenvalue weighted by Crippen LogP contribution is -2.15. The number of aromatic nitrogens is 3. The Morgan fingerprint density at radius 1 is 0.933 bits per heavy atom. The largest absolute Gasteiger partial charge is 0.297 e. The molecule has 0 aliphatic heterocycles. The number of hydrogen-bond acceptors (Lipinski definition) is 4. The van der Waals surface area contributed by atoms with E-state index >= 15 is 0 Å². The minimum atomic E-state index is -0.279. The minimum absolute atomic E-state index is 0.0808. The molecule has 0 fully saturated rings. The van der Waals surface area contributed by atoms with Crippen molar-refractivity contribution in [3.8, 4) is 11.4 Å². The van der Waals surface area contributed by atoms with Gasteiger partial charge in [0.15, 0.2) is 16.8 Å². The van der Waals surface area contributed by atoms with E-state index in [1.165, 1.54) is 11.8 Å². The third-order valence-corrected chi connectivity index (χ3v) is 6.50. The smallest absolute Gasteiger partial charge is 0.192 e. The van der Waals surface area contributed by atoms with Crippen molar-refractivity contribution in [3.05, 3.63) is 101 Å². The van der Waals surface area contributed by atoms with Crippen LogP contribution in [0.3, 0.4) is 0 Å². The zero-order chi connectivity index (χ0) is 20.9. The van der Waals surface area contributed by atoms with Crippen LogP contribution in [-0.2, 0) is 6.54 Å². The molecular formula is C24H20BrN3OS. The molecule has 0 N–H and O–H groups in total. The Hall–Kier alpha value is -2.70. The van der Waals surface area contributed by atoms with Crippen molar-refractivity contribution in [2.75, 3.05) is 0 Å². The molecule has 0 saturated heterocycles. The number of carbonyl (C=O) groups excluding carboxylic acids is 1.